The van der Waals surface area contributed by atoms with Gasteiger partial charge >= 0.3 is 6.18 Å². The minimum absolute atomic E-state index is 0.443. The largest absolute Gasteiger partial charge is 0.471 e. The first-order valence-electron chi connectivity index (χ1n) is 4.19. The van der Waals surface area contributed by atoms with Crippen LogP contribution in [-0.4, -0.2) is 0 Å². The normalized spacial score (nSPS) is 11.7. The van der Waals surface area contributed by atoms with Crippen LogP contribution in [0.4, 0.5) is 13.2 Å². The monoisotopic (exact) mass is 211 g/mol. The second kappa shape index (κ2) is 3.46. The second-order valence-electron chi connectivity index (χ2n) is 3.01. The Kier molecular flexibility index (Phi) is 2.26. The Labute approximate surface area is 84.1 Å². The van der Waals surface area contributed by atoms with Crippen LogP contribution < -0.4 is 0 Å². The minimum Gasteiger partial charge on any atom is -0.471 e. The molecule has 15 heavy (non-hydrogen) atoms. The van der Waals surface area contributed by atoms with Crippen molar-refractivity contribution in [3.8, 4) is 11.1 Å². The van der Waals surface area contributed by atoms with Crippen LogP contribution in [-0.2, 0) is 6.18 Å². The molecule has 0 bridgehead atoms. The highest BCUT2D eigenvalue weighted by Crippen LogP contribution is 2.31. The molecular formula is C11H6F3O. The van der Waals surface area contributed by atoms with E-state index in [1.165, 1.54) is 18.6 Å². The van der Waals surface area contributed by atoms with Crippen molar-refractivity contribution >= 4 is 0 Å². The summed E-state index contributed by atoms with van der Waals surface area (Å²) >= 11 is 0. The molecule has 77 valence electrons. The van der Waals surface area contributed by atoms with E-state index in [1.54, 1.807) is 6.07 Å². The van der Waals surface area contributed by atoms with E-state index < -0.39 is 11.7 Å². The molecule has 4 heteroatoms. The smallest absolute Gasteiger partial charge is 0.416 e. The first-order chi connectivity index (χ1) is 7.07. The summed E-state index contributed by atoms with van der Waals surface area (Å²) in [5, 5.41) is 0. The number of benzene rings is 1. The fourth-order valence-electron chi connectivity index (χ4n) is 1.25. The van der Waals surface area contributed by atoms with Gasteiger partial charge in [-0.2, -0.15) is 13.2 Å². The molecule has 2 rings (SSSR count). The van der Waals surface area contributed by atoms with Crippen LogP contribution in [0, 0.1) is 6.07 Å². The molecule has 0 N–H and O–H groups in total. The summed E-state index contributed by atoms with van der Waals surface area (Å²) in [5.41, 5.74) is 0.286. The van der Waals surface area contributed by atoms with Gasteiger partial charge in [-0.15, -0.1) is 0 Å². The molecular weight excluding hydrogens is 205 g/mol. The summed E-state index contributed by atoms with van der Waals surface area (Å²) in [6, 6.07) is 7.74. The number of halogens is 3. The molecule has 1 radical (unpaired) electrons. The molecule has 1 nitrogen and oxygen atoms in total. The molecule has 0 aliphatic carbocycles. The number of hydrogen-bond acceptors (Lipinski definition) is 1. The Morgan fingerprint density at radius 1 is 1.20 bits per heavy atom. The lowest BCUT2D eigenvalue weighted by Crippen LogP contribution is -2.04. The second-order valence-corrected chi connectivity index (χ2v) is 3.01. The molecule has 0 amide bonds. The highest BCUT2D eigenvalue weighted by atomic mass is 19.4. The van der Waals surface area contributed by atoms with E-state index in [9.17, 15) is 13.2 Å². The van der Waals surface area contributed by atoms with Gasteiger partial charge in [-0.05, 0) is 17.7 Å². The van der Waals surface area contributed by atoms with E-state index in [0.29, 0.717) is 11.1 Å². The molecule has 0 saturated heterocycles. The molecule has 1 aromatic heterocycles. The first-order valence-corrected chi connectivity index (χ1v) is 4.19. The fraction of sp³-hybridized carbons (Fsp3) is 0.0909. The Hall–Kier alpha value is -1.71. The molecule has 1 heterocycles. The van der Waals surface area contributed by atoms with E-state index in [1.807, 2.05) is 0 Å². The van der Waals surface area contributed by atoms with E-state index in [-0.39, 0.29) is 0 Å². The van der Waals surface area contributed by atoms with Crippen molar-refractivity contribution < 1.29 is 17.6 Å². The van der Waals surface area contributed by atoms with Crippen LogP contribution in [0.5, 0.6) is 0 Å². The Balaban J connectivity index is 2.44. The van der Waals surface area contributed by atoms with Crippen LogP contribution in [0.3, 0.4) is 0 Å². The van der Waals surface area contributed by atoms with Gasteiger partial charge in [0.1, 0.15) is 0 Å². The van der Waals surface area contributed by atoms with Crippen molar-refractivity contribution in [2.24, 2.45) is 0 Å². The molecule has 0 aliphatic rings. The number of rotatable bonds is 1. The predicted molar refractivity (Wildman–Crippen MR) is 48.0 cm³/mol. The Morgan fingerprint density at radius 3 is 2.60 bits per heavy atom. The van der Waals surface area contributed by atoms with Gasteiger partial charge in [-0.3, -0.25) is 0 Å². The van der Waals surface area contributed by atoms with Crippen LogP contribution in [0.1, 0.15) is 5.56 Å². The topological polar surface area (TPSA) is 13.1 Å². The molecule has 0 fully saturated rings. The lowest BCUT2D eigenvalue weighted by Gasteiger charge is -2.07. The van der Waals surface area contributed by atoms with Crippen LogP contribution in [0.15, 0.2) is 41.2 Å². The van der Waals surface area contributed by atoms with Gasteiger partial charge in [-0.1, -0.05) is 12.1 Å². The van der Waals surface area contributed by atoms with Gasteiger partial charge < -0.3 is 4.42 Å². The van der Waals surface area contributed by atoms with Crippen molar-refractivity contribution in [2.45, 2.75) is 6.18 Å². The van der Waals surface area contributed by atoms with Gasteiger partial charge in [0.2, 0.25) is 0 Å². The zero-order chi connectivity index (χ0) is 10.9. The molecule has 0 aliphatic heterocycles. The maximum absolute atomic E-state index is 12.4. The minimum atomic E-state index is -4.32. The van der Waals surface area contributed by atoms with E-state index >= 15 is 0 Å². The summed E-state index contributed by atoms with van der Waals surface area (Å²) in [7, 11) is 0. The van der Waals surface area contributed by atoms with Crippen molar-refractivity contribution in [3.63, 3.8) is 0 Å². The average Bonchev–Trinajstić information content (AvgIpc) is 2.69. The van der Waals surface area contributed by atoms with E-state index in [2.05, 4.69) is 6.07 Å². The number of furan rings is 1. The van der Waals surface area contributed by atoms with Crippen LogP contribution >= 0.6 is 0 Å². The number of hydrogen-bond donors (Lipinski definition) is 0. The van der Waals surface area contributed by atoms with Gasteiger partial charge in [0.05, 0.1) is 18.1 Å². The maximum Gasteiger partial charge on any atom is 0.416 e. The van der Waals surface area contributed by atoms with E-state index in [4.69, 9.17) is 4.42 Å². The highest BCUT2D eigenvalue weighted by Gasteiger charge is 2.30. The molecule has 2 aromatic rings. The van der Waals surface area contributed by atoms with Gasteiger partial charge in [0.25, 0.3) is 0 Å². The van der Waals surface area contributed by atoms with E-state index in [0.717, 1.165) is 12.1 Å². The van der Waals surface area contributed by atoms with Gasteiger partial charge in [-0.25, -0.2) is 0 Å². The predicted octanol–water partition coefficient (Wildman–Crippen LogP) is 3.77. The maximum atomic E-state index is 12.4. The van der Waals surface area contributed by atoms with Crippen molar-refractivity contribution in [1.82, 2.24) is 0 Å². The molecule has 0 unspecified atom stereocenters. The zero-order valence-electron chi connectivity index (χ0n) is 7.51. The summed E-state index contributed by atoms with van der Waals surface area (Å²) < 4.78 is 41.9. The zero-order valence-corrected chi connectivity index (χ0v) is 7.51. The Morgan fingerprint density at radius 2 is 2.00 bits per heavy atom. The molecule has 0 spiro atoms. The van der Waals surface area contributed by atoms with Crippen LogP contribution in [0.25, 0.3) is 11.1 Å². The summed E-state index contributed by atoms with van der Waals surface area (Å²) in [6.45, 7) is 0. The molecule has 0 atom stereocenters. The van der Waals surface area contributed by atoms with Crippen LogP contribution in [0.2, 0.25) is 0 Å². The molecule has 1 aromatic carbocycles. The highest BCUT2D eigenvalue weighted by molar-refractivity contribution is 5.62. The van der Waals surface area contributed by atoms with Gasteiger partial charge in [0, 0.05) is 11.6 Å². The standard InChI is InChI=1S/C11H6F3O/c12-11(13,14)10-3-1-2-8(6-10)9-4-5-15-7-9/h1-3,5-7H. The van der Waals surface area contributed by atoms with Crippen molar-refractivity contribution in [2.75, 3.05) is 0 Å². The lowest BCUT2D eigenvalue weighted by molar-refractivity contribution is -0.137. The summed E-state index contributed by atoms with van der Waals surface area (Å²) in [4.78, 5) is 0. The fourth-order valence-corrected chi connectivity index (χ4v) is 1.25. The Bertz CT molecular complexity index is 443. The summed E-state index contributed by atoms with van der Waals surface area (Å²) in [5.74, 6) is 0. The third-order valence-corrected chi connectivity index (χ3v) is 1.97. The summed E-state index contributed by atoms with van der Waals surface area (Å²) in [6.07, 6.45) is -1.66. The third kappa shape index (κ3) is 2.03. The van der Waals surface area contributed by atoms with Crippen molar-refractivity contribution in [3.05, 3.63) is 48.4 Å². The quantitative estimate of drug-likeness (QED) is 0.699. The lowest BCUT2D eigenvalue weighted by atomic mass is 10.1. The molecule has 0 saturated carbocycles. The average molecular weight is 211 g/mol. The number of alkyl halides is 3. The van der Waals surface area contributed by atoms with Gasteiger partial charge in [0.15, 0.2) is 0 Å². The van der Waals surface area contributed by atoms with Crippen molar-refractivity contribution in [1.29, 1.82) is 0 Å². The first kappa shape index (κ1) is 9.83. The SMILES string of the molecule is FC(F)(F)c1cccc(-c2[c]coc2)c1. The third-order valence-electron chi connectivity index (χ3n) is 1.97.